The molecule has 0 spiro atoms. The zero-order valence-corrected chi connectivity index (χ0v) is 11.6. The molecule has 0 saturated carbocycles. The average molecular weight is 260 g/mol. The number of carbonyl (C=O) groups is 2. The fraction of sp³-hybridized carbons (Fsp3) is 0.833. The number of methoxy groups -OCH3 is 1. The van der Waals surface area contributed by atoms with Crippen molar-refractivity contribution in [3.8, 4) is 0 Å². The van der Waals surface area contributed by atoms with E-state index in [0.29, 0.717) is 13.0 Å². The fourth-order valence-corrected chi connectivity index (χ4v) is 1.55. The summed E-state index contributed by atoms with van der Waals surface area (Å²) in [5.41, 5.74) is 0. The minimum absolute atomic E-state index is 0.0514. The Morgan fingerprint density at radius 2 is 2.06 bits per heavy atom. The molecule has 0 aromatic rings. The molecule has 0 radical (unpaired) electrons. The largest absolute Gasteiger partial charge is 0.481 e. The summed E-state index contributed by atoms with van der Waals surface area (Å²) in [6, 6.07) is -0.327. The number of rotatable bonds is 8. The van der Waals surface area contributed by atoms with Crippen molar-refractivity contribution in [1.82, 2.24) is 10.2 Å². The van der Waals surface area contributed by atoms with E-state index in [9.17, 15) is 9.59 Å². The molecule has 0 aliphatic rings. The Morgan fingerprint density at radius 1 is 1.44 bits per heavy atom. The van der Waals surface area contributed by atoms with E-state index in [1.54, 1.807) is 14.2 Å². The number of aliphatic carboxylic acids is 1. The maximum absolute atomic E-state index is 11.8. The van der Waals surface area contributed by atoms with E-state index >= 15 is 0 Å². The van der Waals surface area contributed by atoms with Gasteiger partial charge in [0.25, 0.3) is 0 Å². The van der Waals surface area contributed by atoms with E-state index in [1.165, 1.54) is 4.90 Å². The van der Waals surface area contributed by atoms with Gasteiger partial charge in [-0.1, -0.05) is 13.3 Å². The van der Waals surface area contributed by atoms with Crippen molar-refractivity contribution in [1.29, 1.82) is 0 Å². The smallest absolute Gasteiger partial charge is 0.317 e. The standard InChI is InChI=1S/C12H24N2O4/c1-5-6-10(11(15)16)7-13-12(17)14(3)9(2)8-18-4/h9-10H,5-8H2,1-4H3,(H,13,17)(H,15,16). The summed E-state index contributed by atoms with van der Waals surface area (Å²) in [6.45, 7) is 4.39. The average Bonchev–Trinajstić information content (AvgIpc) is 2.32. The van der Waals surface area contributed by atoms with Crippen molar-refractivity contribution in [3.63, 3.8) is 0 Å². The summed E-state index contributed by atoms with van der Waals surface area (Å²) in [5.74, 6) is -1.39. The van der Waals surface area contributed by atoms with Crippen LogP contribution in [0.5, 0.6) is 0 Å². The van der Waals surface area contributed by atoms with Gasteiger partial charge >= 0.3 is 12.0 Å². The number of likely N-dealkylation sites (N-methyl/N-ethyl adjacent to an activating group) is 1. The minimum Gasteiger partial charge on any atom is -0.481 e. The molecule has 6 nitrogen and oxygen atoms in total. The van der Waals surface area contributed by atoms with Gasteiger partial charge in [-0.3, -0.25) is 4.79 Å². The number of nitrogens with zero attached hydrogens (tertiary/aromatic N) is 1. The Bertz CT molecular complexity index is 271. The molecule has 106 valence electrons. The third-order valence-corrected chi connectivity index (χ3v) is 2.88. The molecule has 0 aromatic heterocycles. The van der Waals surface area contributed by atoms with Crippen LogP contribution in [0, 0.1) is 5.92 Å². The summed E-state index contributed by atoms with van der Waals surface area (Å²) < 4.78 is 4.96. The van der Waals surface area contributed by atoms with Gasteiger partial charge < -0.3 is 20.1 Å². The lowest BCUT2D eigenvalue weighted by atomic mass is 10.0. The van der Waals surface area contributed by atoms with Crippen LogP contribution < -0.4 is 5.32 Å². The number of urea groups is 1. The Kier molecular flexibility index (Phi) is 8.11. The molecule has 0 saturated heterocycles. The van der Waals surface area contributed by atoms with Gasteiger partial charge in [0.15, 0.2) is 0 Å². The lowest BCUT2D eigenvalue weighted by molar-refractivity contribution is -0.141. The summed E-state index contributed by atoms with van der Waals surface area (Å²) in [7, 11) is 3.23. The molecule has 0 bridgehead atoms. The number of hydrogen-bond donors (Lipinski definition) is 2. The first-order valence-electron chi connectivity index (χ1n) is 6.16. The van der Waals surface area contributed by atoms with Gasteiger partial charge in [-0.25, -0.2) is 4.79 Å². The van der Waals surface area contributed by atoms with Gasteiger partial charge in [0.1, 0.15) is 0 Å². The molecule has 6 heteroatoms. The van der Waals surface area contributed by atoms with Crippen LogP contribution in [-0.2, 0) is 9.53 Å². The highest BCUT2D eigenvalue weighted by Crippen LogP contribution is 2.05. The third kappa shape index (κ3) is 5.86. The van der Waals surface area contributed by atoms with Gasteiger partial charge in [-0.2, -0.15) is 0 Å². The number of amides is 2. The molecule has 0 heterocycles. The van der Waals surface area contributed by atoms with E-state index in [2.05, 4.69) is 5.32 Å². The summed E-state index contributed by atoms with van der Waals surface area (Å²) >= 11 is 0. The number of carboxylic acid groups (broad SMARTS) is 1. The fourth-order valence-electron chi connectivity index (χ4n) is 1.55. The van der Waals surface area contributed by atoms with Crippen molar-refractivity contribution < 1.29 is 19.4 Å². The molecular weight excluding hydrogens is 236 g/mol. The van der Waals surface area contributed by atoms with Crippen molar-refractivity contribution in [3.05, 3.63) is 0 Å². The number of hydrogen-bond acceptors (Lipinski definition) is 3. The van der Waals surface area contributed by atoms with Crippen LogP contribution in [0.25, 0.3) is 0 Å². The Morgan fingerprint density at radius 3 is 2.50 bits per heavy atom. The number of ether oxygens (including phenoxy) is 1. The molecule has 2 unspecified atom stereocenters. The predicted octanol–water partition coefficient (Wildman–Crippen LogP) is 1.16. The first-order chi connectivity index (χ1) is 8.43. The summed E-state index contributed by atoms with van der Waals surface area (Å²) in [4.78, 5) is 24.2. The first kappa shape index (κ1) is 16.7. The van der Waals surface area contributed by atoms with Crippen molar-refractivity contribution >= 4 is 12.0 Å². The van der Waals surface area contributed by atoms with Gasteiger partial charge in [-0.15, -0.1) is 0 Å². The van der Waals surface area contributed by atoms with Crippen LogP contribution in [0.1, 0.15) is 26.7 Å². The molecule has 2 N–H and O–H groups in total. The second-order valence-corrected chi connectivity index (χ2v) is 4.43. The van der Waals surface area contributed by atoms with Crippen molar-refractivity contribution in [2.24, 2.45) is 5.92 Å². The van der Waals surface area contributed by atoms with E-state index < -0.39 is 11.9 Å². The van der Waals surface area contributed by atoms with Gasteiger partial charge in [0.2, 0.25) is 0 Å². The first-order valence-corrected chi connectivity index (χ1v) is 6.16. The lowest BCUT2D eigenvalue weighted by Crippen LogP contribution is -2.46. The highest BCUT2D eigenvalue weighted by molar-refractivity contribution is 5.76. The predicted molar refractivity (Wildman–Crippen MR) is 68.5 cm³/mol. The molecule has 0 fully saturated rings. The van der Waals surface area contributed by atoms with Crippen LogP contribution in [0.15, 0.2) is 0 Å². The topological polar surface area (TPSA) is 78.9 Å². The second kappa shape index (κ2) is 8.74. The zero-order valence-electron chi connectivity index (χ0n) is 11.6. The highest BCUT2D eigenvalue weighted by Gasteiger charge is 2.20. The SMILES string of the molecule is CCCC(CNC(=O)N(C)C(C)COC)C(=O)O. The third-order valence-electron chi connectivity index (χ3n) is 2.88. The Labute approximate surface area is 108 Å². The molecule has 0 rings (SSSR count). The quantitative estimate of drug-likeness (QED) is 0.686. The monoisotopic (exact) mass is 260 g/mol. The molecule has 18 heavy (non-hydrogen) atoms. The highest BCUT2D eigenvalue weighted by atomic mass is 16.5. The normalized spacial score (nSPS) is 13.8. The summed E-state index contributed by atoms with van der Waals surface area (Å²) in [6.07, 6.45) is 1.34. The molecule has 0 aliphatic heterocycles. The molecular formula is C12H24N2O4. The minimum atomic E-state index is -0.871. The Balaban J connectivity index is 4.18. The van der Waals surface area contributed by atoms with Crippen LogP contribution in [0.3, 0.4) is 0 Å². The summed E-state index contributed by atoms with van der Waals surface area (Å²) in [5, 5.41) is 11.6. The maximum atomic E-state index is 11.8. The van der Waals surface area contributed by atoms with E-state index in [4.69, 9.17) is 9.84 Å². The maximum Gasteiger partial charge on any atom is 0.317 e. The van der Waals surface area contributed by atoms with Gasteiger partial charge in [0, 0.05) is 20.7 Å². The van der Waals surface area contributed by atoms with Crippen LogP contribution in [0.2, 0.25) is 0 Å². The van der Waals surface area contributed by atoms with Crippen molar-refractivity contribution in [2.45, 2.75) is 32.7 Å². The molecule has 0 aliphatic carbocycles. The van der Waals surface area contributed by atoms with Gasteiger partial charge in [-0.05, 0) is 13.3 Å². The Hall–Kier alpha value is -1.30. The van der Waals surface area contributed by atoms with Crippen LogP contribution >= 0.6 is 0 Å². The van der Waals surface area contributed by atoms with E-state index in [-0.39, 0.29) is 18.6 Å². The van der Waals surface area contributed by atoms with Crippen LogP contribution in [-0.4, -0.2) is 55.4 Å². The zero-order chi connectivity index (χ0) is 14.1. The number of carboxylic acids is 1. The number of nitrogens with one attached hydrogen (secondary N) is 1. The molecule has 2 amide bonds. The van der Waals surface area contributed by atoms with Crippen LogP contribution in [0.4, 0.5) is 4.79 Å². The van der Waals surface area contributed by atoms with Crippen molar-refractivity contribution in [2.75, 3.05) is 27.3 Å². The second-order valence-electron chi connectivity index (χ2n) is 4.43. The van der Waals surface area contributed by atoms with E-state index in [1.807, 2.05) is 13.8 Å². The number of carbonyl (C=O) groups excluding carboxylic acids is 1. The molecule has 0 aromatic carbocycles. The lowest BCUT2D eigenvalue weighted by Gasteiger charge is -2.25. The van der Waals surface area contributed by atoms with E-state index in [0.717, 1.165) is 6.42 Å². The van der Waals surface area contributed by atoms with Gasteiger partial charge in [0.05, 0.1) is 18.6 Å². The molecule has 2 atom stereocenters.